The highest BCUT2D eigenvalue weighted by atomic mass is 16.6. The average molecular weight is 244 g/mol. The maximum absolute atomic E-state index is 12.0. The highest BCUT2D eigenvalue weighted by Crippen LogP contribution is 2.14. The largest absolute Gasteiger partial charge is 0.415 e. The summed E-state index contributed by atoms with van der Waals surface area (Å²) in [5.74, 6) is 0.508. The van der Waals surface area contributed by atoms with Crippen molar-refractivity contribution in [1.29, 1.82) is 0 Å². The van der Waals surface area contributed by atoms with Gasteiger partial charge in [-0.3, -0.25) is 9.67 Å². The first kappa shape index (κ1) is 10.8. The van der Waals surface area contributed by atoms with Crippen molar-refractivity contribution in [3.05, 3.63) is 42.5 Å². The lowest BCUT2D eigenvalue weighted by atomic mass is 10.3. The molecule has 6 heteroatoms. The molecule has 0 unspecified atom stereocenters. The van der Waals surface area contributed by atoms with Crippen molar-refractivity contribution >= 4 is 6.09 Å². The van der Waals surface area contributed by atoms with E-state index in [1.54, 1.807) is 35.6 Å². The van der Waals surface area contributed by atoms with Crippen molar-refractivity contribution in [1.82, 2.24) is 19.7 Å². The molecule has 2 aromatic rings. The Bertz CT molecular complexity index is 552. The molecule has 18 heavy (non-hydrogen) atoms. The summed E-state index contributed by atoms with van der Waals surface area (Å²) < 4.78 is 7.16. The Hall–Kier alpha value is -2.37. The van der Waals surface area contributed by atoms with Crippen molar-refractivity contribution < 1.29 is 9.53 Å². The molecule has 2 aromatic heterocycles. The van der Waals surface area contributed by atoms with E-state index in [9.17, 15) is 4.79 Å². The molecule has 1 aliphatic heterocycles. The maximum atomic E-state index is 12.0. The van der Waals surface area contributed by atoms with Crippen molar-refractivity contribution in [2.24, 2.45) is 0 Å². The Labute approximate surface area is 104 Å². The first-order valence-corrected chi connectivity index (χ1v) is 5.70. The van der Waals surface area contributed by atoms with Gasteiger partial charge in [-0.1, -0.05) is 0 Å². The van der Waals surface area contributed by atoms with E-state index in [0.29, 0.717) is 25.4 Å². The van der Waals surface area contributed by atoms with Crippen molar-refractivity contribution in [2.75, 3.05) is 6.54 Å². The molecule has 0 spiro atoms. The number of fused-ring (bicyclic) bond motifs is 1. The van der Waals surface area contributed by atoms with Crippen molar-refractivity contribution in [3.63, 3.8) is 0 Å². The zero-order valence-electron chi connectivity index (χ0n) is 9.69. The monoisotopic (exact) mass is 244 g/mol. The van der Waals surface area contributed by atoms with Crippen LogP contribution in [0.25, 0.3) is 0 Å². The molecule has 0 bridgehead atoms. The van der Waals surface area contributed by atoms with E-state index in [1.807, 2.05) is 10.7 Å². The van der Waals surface area contributed by atoms with E-state index < -0.39 is 0 Å². The minimum absolute atomic E-state index is 0.339. The van der Waals surface area contributed by atoms with E-state index in [4.69, 9.17) is 4.74 Å². The molecule has 1 amide bonds. The van der Waals surface area contributed by atoms with Gasteiger partial charge >= 0.3 is 6.09 Å². The van der Waals surface area contributed by atoms with Crippen LogP contribution >= 0.6 is 0 Å². The van der Waals surface area contributed by atoms with E-state index in [1.165, 1.54) is 0 Å². The molecule has 1 aliphatic rings. The van der Waals surface area contributed by atoms with Gasteiger partial charge in [0.15, 0.2) is 0 Å². The average Bonchev–Trinajstić information content (AvgIpc) is 2.87. The van der Waals surface area contributed by atoms with Crippen LogP contribution in [0.1, 0.15) is 5.69 Å². The number of hydrogen-bond donors (Lipinski definition) is 0. The van der Waals surface area contributed by atoms with Crippen molar-refractivity contribution in [3.8, 4) is 5.75 Å². The first-order valence-electron chi connectivity index (χ1n) is 5.70. The molecular weight excluding hydrogens is 232 g/mol. The molecule has 0 saturated carbocycles. The van der Waals surface area contributed by atoms with Gasteiger partial charge in [-0.05, 0) is 18.2 Å². The van der Waals surface area contributed by atoms with Crippen LogP contribution in [-0.2, 0) is 13.1 Å². The van der Waals surface area contributed by atoms with Gasteiger partial charge < -0.3 is 9.64 Å². The van der Waals surface area contributed by atoms with E-state index in [2.05, 4.69) is 10.1 Å². The van der Waals surface area contributed by atoms with Crippen LogP contribution in [0.2, 0.25) is 0 Å². The van der Waals surface area contributed by atoms with Crippen LogP contribution in [0.5, 0.6) is 5.75 Å². The quantitative estimate of drug-likeness (QED) is 0.758. The summed E-state index contributed by atoms with van der Waals surface area (Å²) in [5.41, 5.74) is 1.02. The number of nitrogens with zero attached hydrogens (tertiary/aromatic N) is 4. The molecule has 3 heterocycles. The zero-order valence-corrected chi connectivity index (χ0v) is 9.69. The molecule has 0 atom stereocenters. The Morgan fingerprint density at radius 3 is 2.83 bits per heavy atom. The second kappa shape index (κ2) is 4.48. The zero-order chi connectivity index (χ0) is 12.4. The Morgan fingerprint density at radius 1 is 1.17 bits per heavy atom. The number of carbonyl (C=O) groups is 1. The molecule has 0 N–H and O–H groups in total. The van der Waals surface area contributed by atoms with Gasteiger partial charge in [0.25, 0.3) is 0 Å². The van der Waals surface area contributed by atoms with Crippen LogP contribution in [0.4, 0.5) is 4.79 Å². The smallest absolute Gasteiger partial charge is 0.410 e. The fraction of sp³-hybridized carbons (Fsp3) is 0.250. The second-order valence-electron chi connectivity index (χ2n) is 4.02. The molecule has 0 aliphatic carbocycles. The summed E-state index contributed by atoms with van der Waals surface area (Å²) in [4.78, 5) is 17.5. The molecule has 0 radical (unpaired) electrons. The topological polar surface area (TPSA) is 60.2 Å². The van der Waals surface area contributed by atoms with Gasteiger partial charge in [-0.2, -0.15) is 5.10 Å². The Morgan fingerprint density at radius 2 is 2.00 bits per heavy atom. The summed E-state index contributed by atoms with van der Waals surface area (Å²) in [6.07, 6.45) is 4.59. The van der Waals surface area contributed by atoms with Gasteiger partial charge in [-0.25, -0.2) is 4.79 Å². The lowest BCUT2D eigenvalue weighted by Crippen LogP contribution is -2.40. The van der Waals surface area contributed by atoms with Crippen LogP contribution in [0, 0.1) is 0 Å². The third-order valence-corrected chi connectivity index (χ3v) is 2.85. The maximum Gasteiger partial charge on any atom is 0.415 e. The fourth-order valence-corrected chi connectivity index (χ4v) is 1.91. The lowest BCUT2D eigenvalue weighted by Gasteiger charge is -2.26. The molecule has 92 valence electrons. The van der Waals surface area contributed by atoms with Gasteiger partial charge in [0.2, 0.25) is 0 Å². The molecule has 0 saturated heterocycles. The van der Waals surface area contributed by atoms with Crippen LogP contribution in [0.3, 0.4) is 0 Å². The van der Waals surface area contributed by atoms with Crippen LogP contribution < -0.4 is 4.74 Å². The van der Waals surface area contributed by atoms with Gasteiger partial charge in [0, 0.05) is 25.1 Å². The van der Waals surface area contributed by atoms with Crippen LogP contribution in [-0.4, -0.2) is 32.3 Å². The first-order chi connectivity index (χ1) is 8.83. The van der Waals surface area contributed by atoms with Gasteiger partial charge in [0.1, 0.15) is 5.75 Å². The summed E-state index contributed by atoms with van der Waals surface area (Å²) in [7, 11) is 0. The third-order valence-electron chi connectivity index (χ3n) is 2.85. The molecular formula is C12H12N4O2. The van der Waals surface area contributed by atoms with Gasteiger partial charge in [0.05, 0.1) is 18.8 Å². The molecule has 6 nitrogen and oxygen atoms in total. The number of hydrogen-bond acceptors (Lipinski definition) is 4. The molecule has 3 rings (SSSR count). The standard InChI is InChI=1S/C12H12N4O2/c17-12(18-11-2-4-13-5-3-11)15-7-8-16-10(9-15)1-6-14-16/h1-6H,7-9H2. The summed E-state index contributed by atoms with van der Waals surface area (Å²) >= 11 is 0. The molecule has 0 fully saturated rings. The highest BCUT2D eigenvalue weighted by Gasteiger charge is 2.22. The second-order valence-corrected chi connectivity index (χ2v) is 4.02. The van der Waals surface area contributed by atoms with E-state index in [0.717, 1.165) is 5.69 Å². The minimum Gasteiger partial charge on any atom is -0.410 e. The predicted molar refractivity (Wildman–Crippen MR) is 62.9 cm³/mol. The summed E-state index contributed by atoms with van der Waals surface area (Å²) in [6.45, 7) is 1.84. The lowest BCUT2D eigenvalue weighted by molar-refractivity contribution is 0.138. The van der Waals surface area contributed by atoms with Crippen LogP contribution in [0.15, 0.2) is 36.8 Å². The third kappa shape index (κ3) is 2.04. The fourth-order valence-electron chi connectivity index (χ4n) is 1.91. The van der Waals surface area contributed by atoms with Crippen molar-refractivity contribution in [2.45, 2.75) is 13.1 Å². The molecule has 0 aromatic carbocycles. The minimum atomic E-state index is -0.339. The Balaban J connectivity index is 1.68. The summed E-state index contributed by atoms with van der Waals surface area (Å²) in [5, 5.41) is 4.16. The highest BCUT2D eigenvalue weighted by molar-refractivity contribution is 5.70. The normalized spacial score (nSPS) is 14.1. The Kier molecular flexibility index (Phi) is 2.68. The van der Waals surface area contributed by atoms with E-state index in [-0.39, 0.29) is 6.09 Å². The number of aromatic nitrogens is 3. The van der Waals surface area contributed by atoms with Gasteiger partial charge in [-0.15, -0.1) is 0 Å². The number of pyridine rings is 1. The predicted octanol–water partition coefficient (Wildman–Crippen LogP) is 1.29. The SMILES string of the molecule is O=C(Oc1ccncc1)N1CCn2nccc2C1. The van der Waals surface area contributed by atoms with E-state index >= 15 is 0 Å². The number of rotatable bonds is 1. The number of ether oxygens (including phenoxy) is 1. The number of carbonyl (C=O) groups excluding carboxylic acids is 1. The number of amides is 1. The summed E-state index contributed by atoms with van der Waals surface area (Å²) in [6, 6.07) is 5.23.